The van der Waals surface area contributed by atoms with Crippen molar-refractivity contribution in [2.75, 3.05) is 10.5 Å². The van der Waals surface area contributed by atoms with Crippen LogP contribution in [0.1, 0.15) is 35.3 Å². The van der Waals surface area contributed by atoms with Crippen LogP contribution in [0.4, 0.5) is 18.9 Å². The van der Waals surface area contributed by atoms with Crippen LogP contribution in [0.3, 0.4) is 0 Å². The molecule has 3 aromatic carbocycles. The third-order valence-electron chi connectivity index (χ3n) is 5.69. The second kappa shape index (κ2) is 10.6. The average molecular weight is 528 g/mol. The van der Waals surface area contributed by atoms with Gasteiger partial charge in [-0.05, 0) is 18.1 Å². The van der Waals surface area contributed by atoms with Gasteiger partial charge < -0.3 is 5.32 Å². The Morgan fingerprint density at radius 3 is 2.14 bits per heavy atom. The summed E-state index contributed by atoms with van der Waals surface area (Å²) in [5.74, 6) is -2.75. The highest BCUT2D eigenvalue weighted by Crippen LogP contribution is 2.36. The van der Waals surface area contributed by atoms with Gasteiger partial charge in [-0.25, -0.2) is 13.4 Å². The zero-order valence-corrected chi connectivity index (χ0v) is 20.6. The van der Waals surface area contributed by atoms with Crippen molar-refractivity contribution in [3.05, 3.63) is 96.1 Å². The van der Waals surface area contributed by atoms with Crippen LogP contribution in [0.25, 0.3) is 22.2 Å². The fourth-order valence-electron chi connectivity index (χ4n) is 4.10. The molecule has 6 nitrogen and oxygen atoms in total. The van der Waals surface area contributed by atoms with E-state index in [0.29, 0.717) is 22.9 Å². The number of hydrogen-bond donors (Lipinski definition) is 2. The number of halogens is 3. The fraction of sp³-hybridized carbons (Fsp3) is 0.185. The van der Waals surface area contributed by atoms with Crippen LogP contribution >= 0.6 is 0 Å². The third-order valence-corrected chi connectivity index (χ3v) is 6.92. The Bertz CT molecular complexity index is 1510. The first-order valence-electron chi connectivity index (χ1n) is 11.5. The first-order valence-corrected chi connectivity index (χ1v) is 13.1. The maximum atomic E-state index is 13.8. The number of pyridine rings is 1. The number of amides is 1. The number of sulfonamides is 1. The van der Waals surface area contributed by atoms with Gasteiger partial charge in [0.25, 0.3) is 5.91 Å². The molecule has 0 bridgehead atoms. The van der Waals surface area contributed by atoms with E-state index < -0.39 is 33.9 Å². The van der Waals surface area contributed by atoms with Gasteiger partial charge in [0.05, 0.1) is 28.5 Å². The summed E-state index contributed by atoms with van der Waals surface area (Å²) in [6, 6.07) is 23.7. The first-order chi connectivity index (χ1) is 17.6. The van der Waals surface area contributed by atoms with Crippen molar-refractivity contribution in [3.63, 3.8) is 0 Å². The van der Waals surface area contributed by atoms with Gasteiger partial charge in [0, 0.05) is 10.9 Å². The van der Waals surface area contributed by atoms with Gasteiger partial charge in [0.1, 0.15) is 0 Å². The molecular weight excluding hydrogens is 503 g/mol. The molecule has 1 aromatic heterocycles. The van der Waals surface area contributed by atoms with Gasteiger partial charge in [-0.1, -0.05) is 85.8 Å². The van der Waals surface area contributed by atoms with Crippen molar-refractivity contribution < 1.29 is 26.4 Å². The van der Waals surface area contributed by atoms with Gasteiger partial charge >= 0.3 is 6.18 Å². The summed E-state index contributed by atoms with van der Waals surface area (Å²) >= 11 is 0. The zero-order chi connectivity index (χ0) is 26.6. The van der Waals surface area contributed by atoms with E-state index >= 15 is 0 Å². The summed E-state index contributed by atoms with van der Waals surface area (Å²) in [4.78, 5) is 18.3. The summed E-state index contributed by atoms with van der Waals surface area (Å²) in [6.07, 6.45) is -4.45. The first kappa shape index (κ1) is 26.2. The molecule has 0 saturated carbocycles. The van der Waals surface area contributed by atoms with Gasteiger partial charge in [-0.3, -0.25) is 9.52 Å². The largest absolute Gasteiger partial charge is 0.404 e. The molecule has 0 unspecified atom stereocenters. The average Bonchev–Trinajstić information content (AvgIpc) is 2.86. The van der Waals surface area contributed by atoms with E-state index in [9.17, 15) is 26.4 Å². The molecule has 1 heterocycles. The van der Waals surface area contributed by atoms with Crippen LogP contribution in [-0.4, -0.2) is 31.2 Å². The van der Waals surface area contributed by atoms with Crippen molar-refractivity contribution in [2.45, 2.75) is 25.6 Å². The molecule has 4 rings (SSSR count). The van der Waals surface area contributed by atoms with Crippen molar-refractivity contribution in [2.24, 2.45) is 0 Å². The number of rotatable bonds is 8. The molecule has 4 aromatic rings. The van der Waals surface area contributed by atoms with Crippen LogP contribution in [0, 0.1) is 0 Å². The van der Waals surface area contributed by atoms with E-state index in [2.05, 4.69) is 10.3 Å². The Kier molecular flexibility index (Phi) is 7.49. The minimum absolute atomic E-state index is 0.0444. The number of fused-ring (bicyclic) bond motifs is 1. The van der Waals surface area contributed by atoms with Crippen LogP contribution in [0.2, 0.25) is 0 Å². The van der Waals surface area contributed by atoms with Crippen LogP contribution in [0.15, 0.2) is 84.9 Å². The maximum absolute atomic E-state index is 13.8. The van der Waals surface area contributed by atoms with E-state index in [1.807, 2.05) is 42.0 Å². The number of hydrogen-bond acceptors (Lipinski definition) is 4. The highest BCUT2D eigenvalue weighted by molar-refractivity contribution is 7.92. The number of nitrogens with one attached hydrogen (secondary N) is 2. The number of benzene rings is 3. The van der Waals surface area contributed by atoms with E-state index in [4.69, 9.17) is 0 Å². The smallest absolute Gasteiger partial charge is 0.345 e. The number of nitrogens with zero attached hydrogens (tertiary/aromatic N) is 1. The number of para-hydroxylation sites is 1. The Morgan fingerprint density at radius 2 is 1.51 bits per heavy atom. The summed E-state index contributed by atoms with van der Waals surface area (Å²) in [6.45, 7) is 1.88. The molecule has 0 aliphatic heterocycles. The molecule has 0 fully saturated rings. The molecule has 0 saturated heterocycles. The molecule has 1 amide bonds. The Hall–Kier alpha value is -3.92. The van der Waals surface area contributed by atoms with Gasteiger partial charge in [-0.2, -0.15) is 13.2 Å². The van der Waals surface area contributed by atoms with Crippen LogP contribution in [-0.2, 0) is 10.0 Å². The lowest BCUT2D eigenvalue weighted by molar-refractivity contribution is -0.106. The third kappa shape index (κ3) is 6.26. The normalized spacial score (nSPS) is 12.8. The molecule has 10 heteroatoms. The predicted molar refractivity (Wildman–Crippen MR) is 138 cm³/mol. The second-order valence-corrected chi connectivity index (χ2v) is 10.1. The van der Waals surface area contributed by atoms with Crippen molar-refractivity contribution in [3.8, 4) is 11.3 Å². The zero-order valence-electron chi connectivity index (χ0n) is 19.8. The Balaban J connectivity index is 1.93. The van der Waals surface area contributed by atoms with E-state index in [0.717, 1.165) is 5.56 Å². The predicted octanol–water partition coefficient (Wildman–Crippen LogP) is 6.09. The highest BCUT2D eigenvalue weighted by atomic mass is 32.2. The topological polar surface area (TPSA) is 88.2 Å². The van der Waals surface area contributed by atoms with Crippen molar-refractivity contribution in [1.29, 1.82) is 0 Å². The van der Waals surface area contributed by atoms with Crippen LogP contribution in [0.5, 0.6) is 0 Å². The molecule has 0 radical (unpaired) electrons. The van der Waals surface area contributed by atoms with E-state index in [1.165, 1.54) is 0 Å². The minimum Gasteiger partial charge on any atom is -0.345 e. The fourth-order valence-corrected chi connectivity index (χ4v) is 5.11. The summed E-state index contributed by atoms with van der Waals surface area (Å²) in [7, 11) is -4.93. The lowest BCUT2D eigenvalue weighted by Crippen LogP contribution is -2.32. The Morgan fingerprint density at radius 1 is 0.919 bits per heavy atom. The van der Waals surface area contributed by atoms with Gasteiger partial charge in [0.2, 0.25) is 10.0 Å². The number of aromatic nitrogens is 1. The van der Waals surface area contributed by atoms with Crippen LogP contribution < -0.4 is 10.0 Å². The lowest BCUT2D eigenvalue weighted by Gasteiger charge is -2.22. The van der Waals surface area contributed by atoms with Crippen molar-refractivity contribution in [1.82, 2.24) is 10.3 Å². The monoisotopic (exact) mass is 527 g/mol. The number of carbonyl (C=O) groups is 1. The molecule has 1 atom stereocenters. The molecule has 0 aliphatic carbocycles. The second-order valence-electron chi connectivity index (χ2n) is 8.41. The summed E-state index contributed by atoms with van der Waals surface area (Å²) in [5.41, 5.74) is 1.28. The number of alkyl halides is 3. The number of anilines is 1. The van der Waals surface area contributed by atoms with E-state index in [-0.39, 0.29) is 16.9 Å². The Labute approximate surface area is 212 Å². The molecule has 2 N–H and O–H groups in total. The van der Waals surface area contributed by atoms with Crippen molar-refractivity contribution >= 4 is 32.5 Å². The lowest BCUT2D eigenvalue weighted by atomic mass is 9.99. The highest BCUT2D eigenvalue weighted by Gasteiger charge is 2.36. The minimum atomic E-state index is -4.98. The van der Waals surface area contributed by atoms with Gasteiger partial charge in [-0.15, -0.1) is 0 Å². The maximum Gasteiger partial charge on any atom is 0.404 e. The van der Waals surface area contributed by atoms with E-state index in [1.54, 1.807) is 54.6 Å². The standard InChI is InChI=1S/C27H24F3N3O3S/c1-2-21(18-11-5-3-6-12-18)32-26(34)23-20-15-9-10-16-22(20)31-24(19-13-7-4-8-14-19)25(23)33-37(35,36)17-27(28,29)30/h3-16,21,33H,2,17H2,1H3,(H,32,34)/t21-/m0/s1. The number of carbonyl (C=O) groups excluding carboxylic acids is 1. The molecular formula is C27H24F3N3O3S. The van der Waals surface area contributed by atoms with Gasteiger partial charge in [0.15, 0.2) is 5.75 Å². The molecule has 0 spiro atoms. The summed E-state index contributed by atoms with van der Waals surface area (Å²) < 4.78 is 66.5. The molecule has 192 valence electrons. The molecule has 0 aliphatic rings. The quantitative estimate of drug-likeness (QED) is 0.290. The molecule has 37 heavy (non-hydrogen) atoms. The SMILES string of the molecule is CC[C@H](NC(=O)c1c(NS(=O)(=O)CC(F)(F)F)c(-c2ccccc2)nc2ccccc12)c1ccccc1. The summed E-state index contributed by atoms with van der Waals surface area (Å²) in [5, 5.41) is 3.22.